The summed E-state index contributed by atoms with van der Waals surface area (Å²) in [7, 11) is 0. The Hall–Kier alpha value is -1.80. The quantitative estimate of drug-likeness (QED) is 0.872. The van der Waals surface area contributed by atoms with Gasteiger partial charge in [-0.1, -0.05) is 42.0 Å². The van der Waals surface area contributed by atoms with Crippen LogP contribution in [0.5, 0.6) is 0 Å². The van der Waals surface area contributed by atoms with Crippen molar-refractivity contribution in [1.29, 1.82) is 0 Å². The zero-order chi connectivity index (χ0) is 13.8. The molecule has 0 aliphatic carbocycles. The van der Waals surface area contributed by atoms with E-state index >= 15 is 0 Å². The molecule has 2 aromatic rings. The highest BCUT2D eigenvalue weighted by molar-refractivity contribution is 5.50. The number of nitrogens with one attached hydrogen (secondary N) is 1. The lowest BCUT2D eigenvalue weighted by Gasteiger charge is -2.16. The number of aliphatic hydroxyl groups excluding tert-OH is 1. The van der Waals surface area contributed by atoms with E-state index < -0.39 is 6.10 Å². The molecule has 0 aromatic heterocycles. The van der Waals surface area contributed by atoms with Crippen molar-refractivity contribution in [2.75, 3.05) is 11.9 Å². The Bertz CT molecular complexity index is 563. The van der Waals surface area contributed by atoms with Gasteiger partial charge in [0, 0.05) is 12.2 Å². The molecule has 0 saturated carbocycles. The smallest absolute Gasteiger partial charge is 0.0964 e. The van der Waals surface area contributed by atoms with Crippen LogP contribution < -0.4 is 5.32 Å². The molecule has 0 amide bonds. The number of aryl methyl sites for hydroxylation is 3. The molecule has 0 saturated heterocycles. The van der Waals surface area contributed by atoms with Gasteiger partial charge in [-0.2, -0.15) is 0 Å². The molecule has 0 heterocycles. The summed E-state index contributed by atoms with van der Waals surface area (Å²) in [4.78, 5) is 0. The van der Waals surface area contributed by atoms with E-state index in [0.29, 0.717) is 6.54 Å². The number of rotatable bonds is 4. The molecule has 2 nitrogen and oxygen atoms in total. The fraction of sp³-hybridized carbons (Fsp3) is 0.294. The van der Waals surface area contributed by atoms with Crippen LogP contribution in [0.1, 0.15) is 28.4 Å². The van der Waals surface area contributed by atoms with E-state index in [2.05, 4.69) is 31.3 Å². The SMILES string of the molecule is Cc1ccc(C(O)CNc2ccccc2C)c(C)c1. The van der Waals surface area contributed by atoms with E-state index in [1.165, 1.54) is 11.1 Å². The minimum absolute atomic E-state index is 0.486. The summed E-state index contributed by atoms with van der Waals surface area (Å²) < 4.78 is 0. The van der Waals surface area contributed by atoms with Crippen LogP contribution in [0.25, 0.3) is 0 Å². The first-order chi connectivity index (χ1) is 9.08. The van der Waals surface area contributed by atoms with Crippen molar-refractivity contribution in [3.05, 3.63) is 64.7 Å². The van der Waals surface area contributed by atoms with Gasteiger partial charge in [0.25, 0.3) is 0 Å². The fourth-order valence-electron chi connectivity index (χ4n) is 2.29. The van der Waals surface area contributed by atoms with Gasteiger partial charge in [0.1, 0.15) is 0 Å². The Morgan fingerprint density at radius 2 is 1.74 bits per heavy atom. The van der Waals surface area contributed by atoms with Gasteiger partial charge in [0.15, 0.2) is 0 Å². The summed E-state index contributed by atoms with van der Waals surface area (Å²) >= 11 is 0. The van der Waals surface area contributed by atoms with Crippen LogP contribution in [0.15, 0.2) is 42.5 Å². The highest BCUT2D eigenvalue weighted by atomic mass is 16.3. The van der Waals surface area contributed by atoms with Crippen LogP contribution in [-0.2, 0) is 0 Å². The van der Waals surface area contributed by atoms with Gasteiger partial charge in [0.05, 0.1) is 6.10 Å². The summed E-state index contributed by atoms with van der Waals surface area (Å²) in [5, 5.41) is 13.6. The van der Waals surface area contributed by atoms with E-state index in [1.807, 2.05) is 37.3 Å². The normalized spacial score (nSPS) is 12.2. The molecule has 0 fully saturated rings. The lowest BCUT2D eigenvalue weighted by atomic mass is 10.0. The molecule has 2 N–H and O–H groups in total. The summed E-state index contributed by atoms with van der Waals surface area (Å²) in [5.41, 5.74) is 5.62. The van der Waals surface area contributed by atoms with Gasteiger partial charge in [0.2, 0.25) is 0 Å². The zero-order valence-corrected chi connectivity index (χ0v) is 11.8. The zero-order valence-electron chi connectivity index (χ0n) is 11.8. The molecule has 2 heteroatoms. The molecule has 0 bridgehead atoms. The van der Waals surface area contributed by atoms with Gasteiger partial charge in [-0.3, -0.25) is 0 Å². The van der Waals surface area contributed by atoms with Crippen LogP contribution in [0, 0.1) is 20.8 Å². The van der Waals surface area contributed by atoms with Gasteiger partial charge in [-0.15, -0.1) is 0 Å². The monoisotopic (exact) mass is 255 g/mol. The van der Waals surface area contributed by atoms with Crippen molar-refractivity contribution in [2.24, 2.45) is 0 Å². The lowest BCUT2D eigenvalue weighted by Crippen LogP contribution is -2.13. The summed E-state index contributed by atoms with van der Waals surface area (Å²) in [6, 6.07) is 14.3. The third kappa shape index (κ3) is 3.36. The van der Waals surface area contributed by atoms with E-state index in [-0.39, 0.29) is 0 Å². The average Bonchev–Trinajstić information content (AvgIpc) is 2.37. The Morgan fingerprint density at radius 1 is 1.00 bits per heavy atom. The molecule has 0 radical (unpaired) electrons. The minimum Gasteiger partial charge on any atom is -0.387 e. The van der Waals surface area contributed by atoms with Crippen molar-refractivity contribution >= 4 is 5.69 Å². The Kier molecular flexibility index (Phi) is 4.23. The molecular weight excluding hydrogens is 234 g/mol. The predicted molar refractivity (Wildman–Crippen MR) is 80.5 cm³/mol. The largest absolute Gasteiger partial charge is 0.387 e. The second-order valence-corrected chi connectivity index (χ2v) is 5.07. The fourth-order valence-corrected chi connectivity index (χ4v) is 2.29. The van der Waals surface area contributed by atoms with Crippen molar-refractivity contribution < 1.29 is 5.11 Å². The van der Waals surface area contributed by atoms with Gasteiger partial charge in [-0.25, -0.2) is 0 Å². The van der Waals surface area contributed by atoms with Gasteiger partial charge >= 0.3 is 0 Å². The van der Waals surface area contributed by atoms with Gasteiger partial charge in [-0.05, 0) is 43.5 Å². The molecular formula is C17H21NO. The number of hydrogen-bond donors (Lipinski definition) is 2. The first-order valence-corrected chi connectivity index (χ1v) is 6.62. The number of anilines is 1. The maximum Gasteiger partial charge on any atom is 0.0964 e. The third-order valence-electron chi connectivity index (χ3n) is 3.42. The average molecular weight is 255 g/mol. The Morgan fingerprint density at radius 3 is 2.42 bits per heavy atom. The second kappa shape index (κ2) is 5.89. The number of aliphatic hydroxyl groups is 1. The van der Waals surface area contributed by atoms with Crippen molar-refractivity contribution in [3.63, 3.8) is 0 Å². The summed E-state index contributed by atoms with van der Waals surface area (Å²) in [6.07, 6.45) is -0.486. The minimum atomic E-state index is -0.486. The molecule has 19 heavy (non-hydrogen) atoms. The van der Waals surface area contributed by atoms with E-state index in [4.69, 9.17) is 0 Å². The molecule has 2 aromatic carbocycles. The van der Waals surface area contributed by atoms with Crippen molar-refractivity contribution in [2.45, 2.75) is 26.9 Å². The molecule has 100 valence electrons. The van der Waals surface area contributed by atoms with E-state index in [9.17, 15) is 5.11 Å². The van der Waals surface area contributed by atoms with Crippen molar-refractivity contribution in [1.82, 2.24) is 0 Å². The van der Waals surface area contributed by atoms with Crippen LogP contribution in [0.4, 0.5) is 5.69 Å². The first kappa shape index (κ1) is 13.6. The molecule has 0 aliphatic heterocycles. The maximum absolute atomic E-state index is 10.3. The molecule has 0 spiro atoms. The van der Waals surface area contributed by atoms with Crippen LogP contribution in [0.2, 0.25) is 0 Å². The van der Waals surface area contributed by atoms with Gasteiger partial charge < -0.3 is 10.4 Å². The van der Waals surface area contributed by atoms with E-state index in [1.54, 1.807) is 0 Å². The number of hydrogen-bond acceptors (Lipinski definition) is 2. The number of benzene rings is 2. The van der Waals surface area contributed by atoms with Crippen LogP contribution in [-0.4, -0.2) is 11.7 Å². The molecule has 2 rings (SSSR count). The van der Waals surface area contributed by atoms with Crippen molar-refractivity contribution in [3.8, 4) is 0 Å². The summed E-state index contributed by atoms with van der Waals surface area (Å²) in [5.74, 6) is 0. The highest BCUT2D eigenvalue weighted by Gasteiger charge is 2.10. The topological polar surface area (TPSA) is 32.3 Å². The Labute approximate surface area is 115 Å². The van der Waals surface area contributed by atoms with E-state index in [0.717, 1.165) is 16.8 Å². The van der Waals surface area contributed by atoms with Crippen LogP contribution in [0.3, 0.4) is 0 Å². The summed E-state index contributed by atoms with van der Waals surface area (Å²) in [6.45, 7) is 6.69. The molecule has 1 unspecified atom stereocenters. The number of para-hydroxylation sites is 1. The predicted octanol–water partition coefficient (Wildman–Crippen LogP) is 3.76. The molecule has 0 aliphatic rings. The Balaban J connectivity index is 2.05. The highest BCUT2D eigenvalue weighted by Crippen LogP contribution is 2.20. The maximum atomic E-state index is 10.3. The second-order valence-electron chi connectivity index (χ2n) is 5.07. The molecule has 1 atom stereocenters. The standard InChI is InChI=1S/C17H21NO/c1-12-8-9-15(14(3)10-12)17(19)11-18-16-7-5-4-6-13(16)2/h4-10,17-19H,11H2,1-3H3. The first-order valence-electron chi connectivity index (χ1n) is 6.62. The lowest BCUT2D eigenvalue weighted by molar-refractivity contribution is 0.191. The van der Waals surface area contributed by atoms with Crippen LogP contribution >= 0.6 is 0 Å². The third-order valence-corrected chi connectivity index (χ3v) is 3.42.